The zero-order valence-corrected chi connectivity index (χ0v) is 19.8. The highest BCUT2D eigenvalue weighted by atomic mass is 16.2. The highest BCUT2D eigenvalue weighted by molar-refractivity contribution is 6.12. The molecule has 0 aliphatic rings. The van der Waals surface area contributed by atoms with E-state index in [4.69, 9.17) is 0 Å². The molecule has 5 rings (SSSR count). The second-order valence-electron chi connectivity index (χ2n) is 8.42. The Kier molecular flexibility index (Phi) is 6.72. The Labute approximate surface area is 214 Å². The first kappa shape index (κ1) is 23.5. The molecule has 180 valence electrons. The molecule has 3 amide bonds. The van der Waals surface area contributed by atoms with Crippen molar-refractivity contribution in [3.8, 4) is 0 Å². The van der Waals surface area contributed by atoms with Crippen LogP contribution in [-0.2, 0) is 0 Å². The smallest absolute Gasteiger partial charge is 0.255 e. The topological polar surface area (TPSA) is 87.3 Å². The quantitative estimate of drug-likeness (QED) is 0.253. The van der Waals surface area contributed by atoms with Crippen LogP contribution in [0.25, 0.3) is 10.8 Å². The van der Waals surface area contributed by atoms with Gasteiger partial charge in [0.2, 0.25) is 0 Å². The van der Waals surface area contributed by atoms with Gasteiger partial charge in [-0.05, 0) is 53.9 Å². The molecular weight excluding hydrogens is 462 g/mol. The van der Waals surface area contributed by atoms with E-state index in [-0.39, 0.29) is 23.3 Å². The predicted octanol–water partition coefficient (Wildman–Crippen LogP) is 6.60. The Hall–Kier alpha value is -5.23. The summed E-state index contributed by atoms with van der Waals surface area (Å²) in [6, 6.07) is 35.8. The summed E-state index contributed by atoms with van der Waals surface area (Å²) in [5, 5.41) is 10.5. The number of benzene rings is 5. The molecule has 5 aromatic rings. The second-order valence-corrected chi connectivity index (χ2v) is 8.42. The molecule has 0 fully saturated rings. The fourth-order valence-corrected chi connectivity index (χ4v) is 4.02. The Balaban J connectivity index is 1.46. The molecule has 0 bridgehead atoms. The monoisotopic (exact) mass is 485 g/mol. The number of amides is 3. The largest absolute Gasteiger partial charge is 0.322 e. The van der Waals surface area contributed by atoms with E-state index in [1.807, 2.05) is 54.6 Å². The lowest BCUT2D eigenvalue weighted by Gasteiger charge is -2.13. The highest BCUT2D eigenvalue weighted by Crippen LogP contribution is 2.26. The lowest BCUT2D eigenvalue weighted by Crippen LogP contribution is -2.17. The van der Waals surface area contributed by atoms with Crippen LogP contribution in [0.1, 0.15) is 31.1 Å². The average Bonchev–Trinajstić information content (AvgIpc) is 2.94. The summed E-state index contributed by atoms with van der Waals surface area (Å²) in [5.74, 6) is -1.03. The molecule has 6 heteroatoms. The molecule has 0 saturated carbocycles. The molecule has 0 atom stereocenters. The van der Waals surface area contributed by atoms with Crippen LogP contribution < -0.4 is 16.0 Å². The fraction of sp³-hybridized carbons (Fsp3) is 0. The van der Waals surface area contributed by atoms with Gasteiger partial charge in [-0.2, -0.15) is 0 Å². The first-order chi connectivity index (χ1) is 18.1. The molecule has 0 aliphatic heterocycles. The number of hydrogen-bond donors (Lipinski definition) is 3. The van der Waals surface area contributed by atoms with E-state index in [1.54, 1.807) is 66.7 Å². The SMILES string of the molecule is O=C(Nc1cc(NC(=O)c2ccccc2)cc(C(=O)Nc2cccc3ccccc23)c1)c1ccccc1. The molecule has 0 aromatic heterocycles. The summed E-state index contributed by atoms with van der Waals surface area (Å²) in [6.45, 7) is 0. The van der Waals surface area contributed by atoms with Crippen LogP contribution in [0, 0.1) is 0 Å². The molecule has 0 aliphatic carbocycles. The third kappa shape index (κ3) is 5.55. The zero-order chi connectivity index (χ0) is 25.6. The van der Waals surface area contributed by atoms with Crippen molar-refractivity contribution in [3.05, 3.63) is 138 Å². The summed E-state index contributed by atoms with van der Waals surface area (Å²) >= 11 is 0. The molecular formula is C31H23N3O3. The van der Waals surface area contributed by atoms with Crippen molar-refractivity contribution in [1.82, 2.24) is 0 Å². The third-order valence-corrected chi connectivity index (χ3v) is 5.82. The normalized spacial score (nSPS) is 10.5. The Morgan fingerprint density at radius 2 is 0.919 bits per heavy atom. The van der Waals surface area contributed by atoms with Gasteiger partial charge in [0.15, 0.2) is 0 Å². The molecule has 0 saturated heterocycles. The van der Waals surface area contributed by atoms with E-state index in [0.29, 0.717) is 28.2 Å². The van der Waals surface area contributed by atoms with E-state index in [9.17, 15) is 14.4 Å². The molecule has 6 nitrogen and oxygen atoms in total. The minimum Gasteiger partial charge on any atom is -0.322 e. The second kappa shape index (κ2) is 10.6. The van der Waals surface area contributed by atoms with Crippen LogP contribution in [0.5, 0.6) is 0 Å². The number of fused-ring (bicyclic) bond motifs is 1. The zero-order valence-electron chi connectivity index (χ0n) is 19.8. The van der Waals surface area contributed by atoms with Crippen LogP contribution in [0.2, 0.25) is 0 Å². The summed E-state index contributed by atoms with van der Waals surface area (Å²) < 4.78 is 0. The number of nitrogens with one attached hydrogen (secondary N) is 3. The van der Waals surface area contributed by atoms with Crippen molar-refractivity contribution in [2.45, 2.75) is 0 Å². The lowest BCUT2D eigenvalue weighted by atomic mass is 10.1. The Bertz CT molecular complexity index is 1520. The minimum absolute atomic E-state index is 0.280. The van der Waals surface area contributed by atoms with Gasteiger partial charge in [0, 0.05) is 39.1 Å². The van der Waals surface area contributed by atoms with Crippen molar-refractivity contribution >= 4 is 45.6 Å². The van der Waals surface area contributed by atoms with Gasteiger partial charge in [0.05, 0.1) is 0 Å². The standard InChI is InChI=1S/C31H23N3O3/c35-29(22-11-3-1-4-12-22)32-25-18-24(19-26(20-25)33-30(36)23-13-5-2-6-14-23)31(37)34-28-17-9-15-21-10-7-8-16-27(21)28/h1-20H,(H,32,35)(H,33,36)(H,34,37). The number of carbonyl (C=O) groups is 3. The molecule has 0 heterocycles. The summed E-state index contributed by atoms with van der Waals surface area (Å²) in [7, 11) is 0. The van der Waals surface area contributed by atoms with Crippen LogP contribution >= 0.6 is 0 Å². The Morgan fingerprint density at radius 1 is 0.432 bits per heavy atom. The van der Waals surface area contributed by atoms with Gasteiger partial charge in [-0.1, -0.05) is 72.8 Å². The summed E-state index contributed by atoms with van der Waals surface area (Å²) in [6.07, 6.45) is 0. The molecule has 0 spiro atoms. The van der Waals surface area contributed by atoms with Crippen molar-refractivity contribution in [2.75, 3.05) is 16.0 Å². The van der Waals surface area contributed by atoms with Gasteiger partial charge in [0.1, 0.15) is 0 Å². The average molecular weight is 486 g/mol. The lowest BCUT2D eigenvalue weighted by molar-refractivity contribution is 0.101. The summed E-state index contributed by atoms with van der Waals surface area (Å²) in [4.78, 5) is 38.9. The van der Waals surface area contributed by atoms with Crippen LogP contribution in [0.15, 0.2) is 121 Å². The first-order valence-corrected chi connectivity index (χ1v) is 11.7. The van der Waals surface area contributed by atoms with Gasteiger partial charge >= 0.3 is 0 Å². The molecule has 37 heavy (non-hydrogen) atoms. The Morgan fingerprint density at radius 3 is 1.51 bits per heavy atom. The molecule has 5 aromatic carbocycles. The van der Waals surface area contributed by atoms with E-state index in [1.165, 1.54) is 0 Å². The van der Waals surface area contributed by atoms with E-state index in [2.05, 4.69) is 16.0 Å². The van der Waals surface area contributed by atoms with Crippen LogP contribution in [-0.4, -0.2) is 17.7 Å². The van der Waals surface area contributed by atoms with Gasteiger partial charge in [-0.3, -0.25) is 14.4 Å². The predicted molar refractivity (Wildman–Crippen MR) is 147 cm³/mol. The minimum atomic E-state index is -0.373. The van der Waals surface area contributed by atoms with Gasteiger partial charge in [0.25, 0.3) is 17.7 Å². The fourth-order valence-electron chi connectivity index (χ4n) is 4.02. The van der Waals surface area contributed by atoms with Gasteiger partial charge < -0.3 is 16.0 Å². The number of hydrogen-bond acceptors (Lipinski definition) is 3. The van der Waals surface area contributed by atoms with Crippen molar-refractivity contribution in [3.63, 3.8) is 0 Å². The molecule has 3 N–H and O–H groups in total. The van der Waals surface area contributed by atoms with Gasteiger partial charge in [-0.15, -0.1) is 0 Å². The maximum Gasteiger partial charge on any atom is 0.255 e. The molecule has 0 radical (unpaired) electrons. The van der Waals surface area contributed by atoms with E-state index in [0.717, 1.165) is 10.8 Å². The summed E-state index contributed by atoms with van der Waals surface area (Å²) in [5.41, 5.74) is 2.65. The molecule has 0 unspecified atom stereocenters. The number of carbonyl (C=O) groups excluding carboxylic acids is 3. The highest BCUT2D eigenvalue weighted by Gasteiger charge is 2.15. The van der Waals surface area contributed by atoms with E-state index >= 15 is 0 Å². The van der Waals surface area contributed by atoms with Crippen LogP contribution in [0.3, 0.4) is 0 Å². The maximum atomic E-state index is 13.3. The van der Waals surface area contributed by atoms with Crippen molar-refractivity contribution in [1.29, 1.82) is 0 Å². The van der Waals surface area contributed by atoms with E-state index < -0.39 is 0 Å². The first-order valence-electron chi connectivity index (χ1n) is 11.7. The maximum absolute atomic E-state index is 13.3. The van der Waals surface area contributed by atoms with Gasteiger partial charge in [-0.25, -0.2) is 0 Å². The number of rotatable bonds is 6. The van der Waals surface area contributed by atoms with Crippen molar-refractivity contribution < 1.29 is 14.4 Å². The van der Waals surface area contributed by atoms with Crippen LogP contribution in [0.4, 0.5) is 17.1 Å². The van der Waals surface area contributed by atoms with Crippen molar-refractivity contribution in [2.24, 2.45) is 0 Å². The number of anilines is 3. The third-order valence-electron chi connectivity index (χ3n) is 5.82.